The normalized spacial score (nSPS) is 35.3. The first-order valence-electron chi connectivity index (χ1n) is 9.91. The zero-order chi connectivity index (χ0) is 18.8. The van der Waals surface area contributed by atoms with Crippen LogP contribution in [0.15, 0.2) is 30.5 Å². The molecule has 4 bridgehead atoms. The molecule has 27 heavy (non-hydrogen) atoms. The third-order valence-electron chi connectivity index (χ3n) is 6.97. The van der Waals surface area contributed by atoms with Crippen LogP contribution in [0.1, 0.15) is 55.8 Å². The van der Waals surface area contributed by atoms with Gasteiger partial charge in [-0.3, -0.25) is 9.59 Å². The summed E-state index contributed by atoms with van der Waals surface area (Å²) in [5, 5.41) is 11.7. The molecule has 0 radical (unpaired) electrons. The van der Waals surface area contributed by atoms with E-state index in [0.29, 0.717) is 23.8 Å². The Kier molecular flexibility index (Phi) is 3.57. The monoisotopic (exact) mass is 367 g/mol. The lowest BCUT2D eigenvalue weighted by Crippen LogP contribution is -2.58. The highest BCUT2D eigenvalue weighted by atomic mass is 16.5. The van der Waals surface area contributed by atoms with Crippen molar-refractivity contribution in [3.8, 4) is 0 Å². The highest BCUT2D eigenvalue weighted by Crippen LogP contribution is 2.62. The van der Waals surface area contributed by atoms with Crippen molar-refractivity contribution < 1.29 is 19.4 Å². The Morgan fingerprint density at radius 1 is 1.19 bits per heavy atom. The van der Waals surface area contributed by atoms with Crippen molar-refractivity contribution in [1.82, 2.24) is 4.98 Å². The number of ether oxygens (including phenoxy) is 1. The molecule has 2 aromatic rings. The number of aromatic nitrogens is 1. The molecule has 5 heteroatoms. The number of carbonyl (C=O) groups excluding carboxylic acids is 2. The Labute approximate surface area is 158 Å². The molecule has 4 aliphatic rings. The van der Waals surface area contributed by atoms with Crippen molar-refractivity contribution in [2.45, 2.75) is 57.2 Å². The van der Waals surface area contributed by atoms with E-state index in [1.807, 2.05) is 24.3 Å². The smallest absolute Gasteiger partial charge is 0.312 e. The largest absolute Gasteiger partial charge is 0.454 e. The quantitative estimate of drug-likeness (QED) is 0.639. The molecular formula is C22H25NO4. The summed E-state index contributed by atoms with van der Waals surface area (Å²) in [6, 6.07) is 7.61. The minimum Gasteiger partial charge on any atom is -0.454 e. The van der Waals surface area contributed by atoms with E-state index in [1.54, 1.807) is 13.1 Å². The average molecular weight is 367 g/mol. The molecule has 1 heterocycles. The second-order valence-electron chi connectivity index (χ2n) is 9.13. The number of esters is 1. The first kappa shape index (κ1) is 17.0. The van der Waals surface area contributed by atoms with E-state index in [9.17, 15) is 14.7 Å². The van der Waals surface area contributed by atoms with Gasteiger partial charge in [-0.05, 0) is 63.4 Å². The summed E-state index contributed by atoms with van der Waals surface area (Å²) < 4.78 is 5.70. The summed E-state index contributed by atoms with van der Waals surface area (Å²) >= 11 is 0. The lowest BCUT2D eigenvalue weighted by molar-refractivity contribution is -0.197. The second-order valence-corrected chi connectivity index (χ2v) is 9.13. The zero-order valence-corrected chi connectivity index (χ0v) is 15.5. The van der Waals surface area contributed by atoms with Crippen LogP contribution in [-0.4, -0.2) is 33.5 Å². The van der Waals surface area contributed by atoms with Gasteiger partial charge >= 0.3 is 5.97 Å². The van der Waals surface area contributed by atoms with Crippen LogP contribution in [0.25, 0.3) is 10.9 Å². The molecule has 4 aliphatic carbocycles. The minimum absolute atomic E-state index is 0.191. The van der Waals surface area contributed by atoms with Crippen molar-refractivity contribution in [3.05, 3.63) is 36.0 Å². The van der Waals surface area contributed by atoms with Gasteiger partial charge in [0.05, 0.1) is 11.0 Å². The van der Waals surface area contributed by atoms with Gasteiger partial charge in [-0.15, -0.1) is 0 Å². The number of hydrogen-bond acceptors (Lipinski definition) is 4. The molecule has 1 aromatic carbocycles. The fourth-order valence-electron chi connectivity index (χ4n) is 6.29. The maximum Gasteiger partial charge on any atom is 0.312 e. The van der Waals surface area contributed by atoms with E-state index < -0.39 is 17.1 Å². The summed E-state index contributed by atoms with van der Waals surface area (Å²) in [4.78, 5) is 29.1. The molecule has 2 N–H and O–H groups in total. The van der Waals surface area contributed by atoms with E-state index >= 15 is 0 Å². The fourth-order valence-corrected chi connectivity index (χ4v) is 6.29. The number of aliphatic hydroxyl groups is 1. The van der Waals surface area contributed by atoms with Crippen LogP contribution in [0.5, 0.6) is 0 Å². The van der Waals surface area contributed by atoms with Crippen molar-refractivity contribution in [1.29, 1.82) is 0 Å². The highest BCUT2D eigenvalue weighted by Gasteiger charge is 2.61. The Morgan fingerprint density at radius 2 is 1.89 bits per heavy atom. The topological polar surface area (TPSA) is 79.4 Å². The molecule has 0 spiro atoms. The number of carbonyl (C=O) groups is 2. The number of nitrogens with one attached hydrogen (secondary N) is 1. The van der Waals surface area contributed by atoms with Gasteiger partial charge in [0, 0.05) is 22.7 Å². The van der Waals surface area contributed by atoms with Gasteiger partial charge < -0.3 is 14.8 Å². The first-order chi connectivity index (χ1) is 12.9. The standard InChI is InChI=1S/C22H25NO4/c1-13(19(24)17-11-23-18-5-3-2-4-16(17)18)27-20(25)21-7-14-6-15(8-21)10-22(26,9-14)12-21/h2-5,11,13-15,23,26H,6-10,12H2,1H3/t13-,14-,15-,21?,22?/m1/s1. The number of ketones is 1. The van der Waals surface area contributed by atoms with E-state index in [-0.39, 0.29) is 11.8 Å². The van der Waals surface area contributed by atoms with Crippen molar-refractivity contribution in [2.75, 3.05) is 0 Å². The molecule has 0 amide bonds. The van der Waals surface area contributed by atoms with Gasteiger partial charge in [0.2, 0.25) is 5.78 Å². The highest BCUT2D eigenvalue weighted by molar-refractivity contribution is 6.10. The van der Waals surface area contributed by atoms with E-state index in [4.69, 9.17) is 4.74 Å². The van der Waals surface area contributed by atoms with Gasteiger partial charge in [0.1, 0.15) is 0 Å². The fraction of sp³-hybridized carbons (Fsp3) is 0.545. The Bertz CT molecular complexity index is 915. The molecule has 0 unspecified atom stereocenters. The predicted molar refractivity (Wildman–Crippen MR) is 100 cm³/mol. The van der Waals surface area contributed by atoms with Crippen LogP contribution >= 0.6 is 0 Å². The molecule has 0 aliphatic heterocycles. The van der Waals surface area contributed by atoms with E-state index in [0.717, 1.165) is 43.0 Å². The molecule has 0 saturated heterocycles. The van der Waals surface area contributed by atoms with Gasteiger partial charge in [0.15, 0.2) is 6.10 Å². The number of benzene rings is 1. The molecule has 1 aromatic heterocycles. The van der Waals surface area contributed by atoms with Crippen LogP contribution < -0.4 is 0 Å². The minimum atomic E-state index is -0.834. The number of Topliss-reactive ketones (excluding diaryl/α,β-unsaturated/α-hetero) is 1. The number of rotatable bonds is 4. The van der Waals surface area contributed by atoms with Crippen LogP contribution in [0.4, 0.5) is 0 Å². The maximum absolute atomic E-state index is 13.1. The van der Waals surface area contributed by atoms with Crippen molar-refractivity contribution >= 4 is 22.7 Å². The lowest BCUT2D eigenvalue weighted by Gasteiger charge is -2.58. The Morgan fingerprint density at radius 3 is 2.59 bits per heavy atom. The second kappa shape index (κ2) is 5.68. The van der Waals surface area contributed by atoms with Crippen molar-refractivity contribution in [2.24, 2.45) is 17.3 Å². The summed E-state index contributed by atoms with van der Waals surface area (Å²) in [6.07, 6.45) is 5.65. The van der Waals surface area contributed by atoms with Gasteiger partial charge in [-0.2, -0.15) is 0 Å². The Balaban J connectivity index is 1.36. The SMILES string of the molecule is C[C@@H](OC(=O)C12C[C@H]3C[C@@H](CC(O)(C3)C1)C2)C(=O)c1c[nH]c2ccccc12. The molecule has 4 fully saturated rings. The number of para-hydroxylation sites is 1. The number of aromatic amines is 1. The number of H-pyrrole nitrogens is 1. The summed E-state index contributed by atoms with van der Waals surface area (Å²) in [6.45, 7) is 1.65. The molecule has 5 nitrogen and oxygen atoms in total. The summed E-state index contributed by atoms with van der Waals surface area (Å²) in [5.74, 6) is 0.326. The predicted octanol–water partition coefficient (Wildman–Crippen LogP) is 3.61. The summed E-state index contributed by atoms with van der Waals surface area (Å²) in [7, 11) is 0. The van der Waals surface area contributed by atoms with Gasteiger partial charge in [0.25, 0.3) is 0 Å². The third kappa shape index (κ3) is 2.63. The van der Waals surface area contributed by atoms with Crippen LogP contribution in [-0.2, 0) is 9.53 Å². The lowest BCUT2D eigenvalue weighted by atomic mass is 9.48. The van der Waals surface area contributed by atoms with Gasteiger partial charge in [-0.25, -0.2) is 0 Å². The molecule has 3 atom stereocenters. The van der Waals surface area contributed by atoms with E-state index in [1.165, 1.54) is 0 Å². The number of hydrogen-bond donors (Lipinski definition) is 2. The average Bonchev–Trinajstić information content (AvgIpc) is 3.03. The first-order valence-corrected chi connectivity index (χ1v) is 9.91. The zero-order valence-electron chi connectivity index (χ0n) is 15.5. The van der Waals surface area contributed by atoms with Crippen molar-refractivity contribution in [3.63, 3.8) is 0 Å². The summed E-state index contributed by atoms with van der Waals surface area (Å²) in [5.41, 5.74) is 0.124. The van der Waals surface area contributed by atoms with Crippen LogP contribution in [0.2, 0.25) is 0 Å². The third-order valence-corrected chi connectivity index (χ3v) is 6.97. The molecule has 6 rings (SSSR count). The van der Waals surface area contributed by atoms with Gasteiger partial charge in [-0.1, -0.05) is 18.2 Å². The Hall–Kier alpha value is -2.14. The van der Waals surface area contributed by atoms with E-state index in [2.05, 4.69) is 4.98 Å². The van der Waals surface area contributed by atoms with Crippen LogP contribution in [0, 0.1) is 17.3 Å². The number of fused-ring (bicyclic) bond motifs is 1. The maximum atomic E-state index is 13.1. The molecule has 4 saturated carbocycles. The molecular weight excluding hydrogens is 342 g/mol. The van der Waals surface area contributed by atoms with Crippen LogP contribution in [0.3, 0.4) is 0 Å². The molecule has 142 valence electrons.